The van der Waals surface area contributed by atoms with E-state index in [9.17, 15) is 0 Å². The maximum atomic E-state index is 5.37. The van der Waals surface area contributed by atoms with E-state index in [0.29, 0.717) is 17.7 Å². The minimum atomic E-state index is 0.518. The summed E-state index contributed by atoms with van der Waals surface area (Å²) in [5, 5.41) is 6.67. The average molecular weight is 314 g/mol. The summed E-state index contributed by atoms with van der Waals surface area (Å²) in [6.45, 7) is 0. The largest absolute Gasteiger partial charge is 0.497 e. The Labute approximate surface area is 136 Å². The lowest BCUT2D eigenvalue weighted by atomic mass is 10.2. The molecule has 122 valence electrons. The third-order valence-corrected chi connectivity index (χ3v) is 4.02. The Morgan fingerprint density at radius 2 is 1.91 bits per heavy atom. The molecule has 23 heavy (non-hydrogen) atoms. The molecule has 6 nitrogen and oxygen atoms in total. The molecule has 1 aromatic heterocycles. The van der Waals surface area contributed by atoms with Crippen LogP contribution in [0.3, 0.4) is 0 Å². The van der Waals surface area contributed by atoms with Crippen LogP contribution in [0.1, 0.15) is 25.7 Å². The summed E-state index contributed by atoms with van der Waals surface area (Å²) in [7, 11) is 3.26. The van der Waals surface area contributed by atoms with E-state index in [-0.39, 0.29) is 0 Å². The number of aromatic nitrogens is 2. The van der Waals surface area contributed by atoms with Gasteiger partial charge < -0.3 is 20.1 Å². The normalized spacial score (nSPS) is 14.5. The molecule has 1 fully saturated rings. The fourth-order valence-electron chi connectivity index (χ4n) is 2.81. The topological polar surface area (TPSA) is 68.3 Å². The van der Waals surface area contributed by atoms with Crippen LogP contribution in [0, 0.1) is 0 Å². The Morgan fingerprint density at radius 3 is 2.65 bits per heavy atom. The SMILES string of the molecule is COc1ccc(OC)c(Nc2nccc(NC3CCCC3)n2)c1. The van der Waals surface area contributed by atoms with Crippen LogP contribution in [-0.4, -0.2) is 30.2 Å². The Hall–Kier alpha value is -2.50. The molecule has 6 heteroatoms. The fourth-order valence-corrected chi connectivity index (χ4v) is 2.81. The van der Waals surface area contributed by atoms with Crippen molar-refractivity contribution in [1.82, 2.24) is 9.97 Å². The van der Waals surface area contributed by atoms with Gasteiger partial charge in [0.05, 0.1) is 19.9 Å². The number of methoxy groups -OCH3 is 2. The van der Waals surface area contributed by atoms with Gasteiger partial charge in [0, 0.05) is 18.3 Å². The fraction of sp³-hybridized carbons (Fsp3) is 0.412. The molecule has 1 aromatic carbocycles. The van der Waals surface area contributed by atoms with Crippen LogP contribution in [-0.2, 0) is 0 Å². The van der Waals surface area contributed by atoms with Gasteiger partial charge in [-0.3, -0.25) is 0 Å². The number of hydrogen-bond donors (Lipinski definition) is 2. The number of nitrogens with one attached hydrogen (secondary N) is 2. The molecule has 0 radical (unpaired) electrons. The smallest absolute Gasteiger partial charge is 0.229 e. The quantitative estimate of drug-likeness (QED) is 0.849. The molecule has 1 heterocycles. The first-order valence-electron chi connectivity index (χ1n) is 7.87. The van der Waals surface area contributed by atoms with Crippen LogP contribution in [0.5, 0.6) is 11.5 Å². The lowest BCUT2D eigenvalue weighted by Crippen LogP contribution is -2.15. The van der Waals surface area contributed by atoms with Crippen LogP contribution >= 0.6 is 0 Å². The maximum absolute atomic E-state index is 5.37. The van der Waals surface area contributed by atoms with E-state index in [1.165, 1.54) is 25.7 Å². The lowest BCUT2D eigenvalue weighted by Gasteiger charge is -2.14. The van der Waals surface area contributed by atoms with E-state index in [1.54, 1.807) is 20.4 Å². The molecule has 0 amide bonds. The molecule has 2 N–H and O–H groups in total. The third-order valence-electron chi connectivity index (χ3n) is 4.02. The molecule has 1 aliphatic carbocycles. The van der Waals surface area contributed by atoms with Crippen molar-refractivity contribution in [2.75, 3.05) is 24.9 Å². The second-order valence-corrected chi connectivity index (χ2v) is 5.58. The lowest BCUT2D eigenvalue weighted by molar-refractivity contribution is 0.405. The van der Waals surface area contributed by atoms with Gasteiger partial charge >= 0.3 is 0 Å². The highest BCUT2D eigenvalue weighted by molar-refractivity contribution is 5.65. The van der Waals surface area contributed by atoms with Gasteiger partial charge in [-0.1, -0.05) is 12.8 Å². The van der Waals surface area contributed by atoms with Crippen molar-refractivity contribution in [2.24, 2.45) is 0 Å². The molecule has 3 rings (SSSR count). The van der Waals surface area contributed by atoms with E-state index in [1.807, 2.05) is 24.3 Å². The molecule has 0 atom stereocenters. The average Bonchev–Trinajstić information content (AvgIpc) is 3.08. The summed E-state index contributed by atoms with van der Waals surface area (Å²) in [6, 6.07) is 7.97. The molecule has 2 aromatic rings. The van der Waals surface area contributed by atoms with E-state index in [4.69, 9.17) is 9.47 Å². The van der Waals surface area contributed by atoms with Crippen molar-refractivity contribution < 1.29 is 9.47 Å². The van der Waals surface area contributed by atoms with Crippen LogP contribution in [0.2, 0.25) is 0 Å². The van der Waals surface area contributed by atoms with Crippen LogP contribution in [0.15, 0.2) is 30.5 Å². The summed E-state index contributed by atoms with van der Waals surface area (Å²) in [6.07, 6.45) is 6.73. The molecular weight excluding hydrogens is 292 g/mol. The van der Waals surface area contributed by atoms with Crippen molar-refractivity contribution in [1.29, 1.82) is 0 Å². The van der Waals surface area contributed by atoms with Gasteiger partial charge in [0.15, 0.2) is 0 Å². The van der Waals surface area contributed by atoms with Crippen molar-refractivity contribution >= 4 is 17.5 Å². The Bertz CT molecular complexity index is 657. The van der Waals surface area contributed by atoms with Gasteiger partial charge in [0.1, 0.15) is 17.3 Å². The van der Waals surface area contributed by atoms with Gasteiger partial charge in [0.2, 0.25) is 5.95 Å². The Morgan fingerprint density at radius 1 is 1.09 bits per heavy atom. The molecule has 1 aliphatic rings. The zero-order valence-electron chi connectivity index (χ0n) is 13.5. The monoisotopic (exact) mass is 314 g/mol. The summed E-state index contributed by atoms with van der Waals surface area (Å²) in [4.78, 5) is 8.81. The second kappa shape index (κ2) is 7.17. The highest BCUT2D eigenvalue weighted by Crippen LogP contribution is 2.31. The molecular formula is C17H22N4O2. The van der Waals surface area contributed by atoms with Gasteiger partial charge in [-0.25, -0.2) is 4.98 Å². The highest BCUT2D eigenvalue weighted by Gasteiger charge is 2.15. The van der Waals surface area contributed by atoms with Crippen molar-refractivity contribution in [3.8, 4) is 11.5 Å². The minimum Gasteiger partial charge on any atom is -0.497 e. The molecule has 0 unspecified atom stereocenters. The van der Waals surface area contributed by atoms with Crippen molar-refractivity contribution in [3.63, 3.8) is 0 Å². The predicted molar refractivity (Wildman–Crippen MR) is 90.7 cm³/mol. The summed E-state index contributed by atoms with van der Waals surface area (Å²) in [5.74, 6) is 2.83. The molecule has 0 spiro atoms. The summed E-state index contributed by atoms with van der Waals surface area (Å²) >= 11 is 0. The second-order valence-electron chi connectivity index (χ2n) is 5.58. The zero-order valence-corrected chi connectivity index (χ0v) is 13.5. The van der Waals surface area contributed by atoms with Gasteiger partial charge in [-0.2, -0.15) is 4.98 Å². The summed E-state index contributed by atoms with van der Waals surface area (Å²) < 4.78 is 10.6. The van der Waals surface area contributed by atoms with Crippen LogP contribution in [0.4, 0.5) is 17.5 Å². The predicted octanol–water partition coefficient (Wildman–Crippen LogP) is 3.59. The number of nitrogens with zero attached hydrogens (tertiary/aromatic N) is 2. The number of hydrogen-bond acceptors (Lipinski definition) is 6. The molecule has 1 saturated carbocycles. The maximum Gasteiger partial charge on any atom is 0.229 e. The highest BCUT2D eigenvalue weighted by atomic mass is 16.5. The van der Waals surface area contributed by atoms with Crippen LogP contribution < -0.4 is 20.1 Å². The molecule has 0 bridgehead atoms. The minimum absolute atomic E-state index is 0.518. The first-order chi connectivity index (χ1) is 11.3. The zero-order chi connectivity index (χ0) is 16.1. The van der Waals surface area contributed by atoms with Gasteiger partial charge in [-0.15, -0.1) is 0 Å². The van der Waals surface area contributed by atoms with E-state index in [2.05, 4.69) is 20.6 Å². The van der Waals surface area contributed by atoms with Crippen molar-refractivity contribution in [3.05, 3.63) is 30.5 Å². The number of ether oxygens (including phenoxy) is 2. The van der Waals surface area contributed by atoms with Gasteiger partial charge in [0.25, 0.3) is 0 Å². The van der Waals surface area contributed by atoms with Crippen LogP contribution in [0.25, 0.3) is 0 Å². The van der Waals surface area contributed by atoms with E-state index < -0.39 is 0 Å². The number of rotatable bonds is 6. The first-order valence-corrected chi connectivity index (χ1v) is 7.87. The number of anilines is 3. The van der Waals surface area contributed by atoms with E-state index >= 15 is 0 Å². The Balaban J connectivity index is 1.77. The first kappa shape index (κ1) is 15.4. The molecule has 0 saturated heterocycles. The van der Waals surface area contributed by atoms with E-state index in [0.717, 1.165) is 17.3 Å². The standard InChI is InChI=1S/C17H22N4O2/c1-22-13-7-8-15(23-2)14(11-13)20-17-18-10-9-16(21-17)19-12-5-3-4-6-12/h7-12H,3-6H2,1-2H3,(H2,18,19,20,21). The Kier molecular flexibility index (Phi) is 4.80. The number of benzene rings is 1. The molecule has 0 aliphatic heterocycles. The van der Waals surface area contributed by atoms with Crippen molar-refractivity contribution in [2.45, 2.75) is 31.7 Å². The summed E-state index contributed by atoms with van der Waals surface area (Å²) in [5.41, 5.74) is 0.768. The van der Waals surface area contributed by atoms with Gasteiger partial charge in [-0.05, 0) is 31.0 Å². The third kappa shape index (κ3) is 3.83.